The van der Waals surface area contributed by atoms with Crippen LogP contribution in [0.15, 0.2) is 65.1 Å². The number of amides is 1. The molecule has 0 bridgehead atoms. The quantitative estimate of drug-likeness (QED) is 0.399. The van der Waals surface area contributed by atoms with Gasteiger partial charge in [0.1, 0.15) is 0 Å². The van der Waals surface area contributed by atoms with E-state index in [1.807, 2.05) is 6.07 Å². The molecule has 0 aromatic heterocycles. The van der Waals surface area contributed by atoms with Crippen LogP contribution in [0.2, 0.25) is 0 Å². The molecule has 1 N–H and O–H groups in total. The van der Waals surface area contributed by atoms with E-state index in [1.165, 1.54) is 34.9 Å². The predicted molar refractivity (Wildman–Crippen MR) is 132 cm³/mol. The molecule has 0 saturated carbocycles. The maximum absolute atomic E-state index is 13.4. The Balaban J connectivity index is 1.63. The first-order chi connectivity index (χ1) is 16.3. The number of rotatable bonds is 10. The Morgan fingerprint density at radius 1 is 1.09 bits per heavy atom. The van der Waals surface area contributed by atoms with E-state index >= 15 is 0 Å². The molecular formula is C26H32N2O5S. The lowest BCUT2D eigenvalue weighted by atomic mass is 9.97. The van der Waals surface area contributed by atoms with Crippen molar-refractivity contribution < 1.29 is 22.7 Å². The molecule has 1 aliphatic rings. The largest absolute Gasteiger partial charge is 0.452 e. The lowest BCUT2D eigenvalue weighted by Crippen LogP contribution is -2.31. The second kappa shape index (κ2) is 11.8. The Kier molecular flexibility index (Phi) is 8.87. The standard InChI is InChI=1S/C26H32N2O5S/c1-3-28(23-12-8-5-9-13-23)34(31,32)24-18-22(15-14-20(24)2)26(30)33-19-25(29)27-17-16-21-10-6-4-7-11-21/h5,8-10,12-15,18H,3-4,6-7,11,16-17,19H2,1-2H3,(H,27,29). The number of para-hydroxylation sites is 1. The van der Waals surface area contributed by atoms with Crippen LogP contribution >= 0.6 is 0 Å². The highest BCUT2D eigenvalue weighted by Gasteiger charge is 2.26. The van der Waals surface area contributed by atoms with Gasteiger partial charge in [0.15, 0.2) is 6.61 Å². The fourth-order valence-corrected chi connectivity index (χ4v) is 5.70. The Bertz CT molecular complexity index is 1140. The van der Waals surface area contributed by atoms with E-state index in [1.54, 1.807) is 44.2 Å². The van der Waals surface area contributed by atoms with Crippen molar-refractivity contribution in [3.05, 3.63) is 71.3 Å². The summed E-state index contributed by atoms with van der Waals surface area (Å²) in [6.45, 7) is 3.75. The molecule has 0 spiro atoms. The van der Waals surface area contributed by atoms with E-state index in [0.29, 0.717) is 17.8 Å². The summed E-state index contributed by atoms with van der Waals surface area (Å²) in [5, 5.41) is 2.76. The van der Waals surface area contributed by atoms with E-state index < -0.39 is 22.6 Å². The highest BCUT2D eigenvalue weighted by atomic mass is 32.2. The van der Waals surface area contributed by atoms with Crippen LogP contribution in [0, 0.1) is 6.92 Å². The smallest absolute Gasteiger partial charge is 0.338 e. The molecule has 0 unspecified atom stereocenters. The lowest BCUT2D eigenvalue weighted by Gasteiger charge is -2.24. The van der Waals surface area contributed by atoms with Gasteiger partial charge >= 0.3 is 5.97 Å². The number of allylic oxidation sites excluding steroid dienone is 1. The maximum Gasteiger partial charge on any atom is 0.338 e. The second-order valence-corrected chi connectivity index (χ2v) is 10.1. The maximum atomic E-state index is 13.4. The number of sulfonamides is 1. The fraction of sp³-hybridized carbons (Fsp3) is 0.385. The first-order valence-electron chi connectivity index (χ1n) is 11.6. The summed E-state index contributed by atoms with van der Waals surface area (Å²) in [6, 6.07) is 13.2. The minimum absolute atomic E-state index is 0.0258. The zero-order valence-electron chi connectivity index (χ0n) is 19.7. The topological polar surface area (TPSA) is 92.8 Å². The van der Waals surface area contributed by atoms with Crippen molar-refractivity contribution in [2.45, 2.75) is 50.8 Å². The van der Waals surface area contributed by atoms with Crippen LogP contribution < -0.4 is 9.62 Å². The summed E-state index contributed by atoms with van der Waals surface area (Å²) < 4.78 is 33.2. The number of anilines is 1. The number of nitrogens with one attached hydrogen (secondary N) is 1. The van der Waals surface area contributed by atoms with Crippen molar-refractivity contribution >= 4 is 27.6 Å². The van der Waals surface area contributed by atoms with Crippen molar-refractivity contribution in [2.24, 2.45) is 0 Å². The molecule has 8 heteroatoms. The van der Waals surface area contributed by atoms with E-state index in [-0.39, 0.29) is 22.9 Å². The van der Waals surface area contributed by atoms with Crippen LogP contribution in [0.4, 0.5) is 5.69 Å². The zero-order valence-corrected chi connectivity index (χ0v) is 20.6. The Labute approximate surface area is 201 Å². The molecule has 1 amide bonds. The van der Waals surface area contributed by atoms with Crippen LogP contribution in [0.5, 0.6) is 0 Å². The number of aryl methyl sites for hydroxylation is 1. The van der Waals surface area contributed by atoms with E-state index in [9.17, 15) is 18.0 Å². The van der Waals surface area contributed by atoms with Gasteiger partial charge in [-0.2, -0.15) is 0 Å². The minimum Gasteiger partial charge on any atom is -0.452 e. The van der Waals surface area contributed by atoms with Crippen LogP contribution in [-0.2, 0) is 19.6 Å². The molecule has 1 aliphatic carbocycles. The SMILES string of the molecule is CCN(c1ccccc1)S(=O)(=O)c1cc(C(=O)OCC(=O)NCCC2=CCCCC2)ccc1C. The highest BCUT2D eigenvalue weighted by molar-refractivity contribution is 7.92. The number of benzene rings is 2. The number of esters is 1. The normalized spacial score (nSPS) is 13.6. The van der Waals surface area contributed by atoms with Gasteiger partial charge in [-0.05, 0) is 75.8 Å². The van der Waals surface area contributed by atoms with E-state index in [2.05, 4.69) is 11.4 Å². The molecule has 0 aliphatic heterocycles. The third-order valence-electron chi connectivity index (χ3n) is 5.81. The molecule has 2 aromatic rings. The van der Waals surface area contributed by atoms with Crippen molar-refractivity contribution in [3.8, 4) is 0 Å². The molecule has 182 valence electrons. The van der Waals surface area contributed by atoms with Crippen molar-refractivity contribution in [3.63, 3.8) is 0 Å². The summed E-state index contributed by atoms with van der Waals surface area (Å²) in [7, 11) is -3.90. The van der Waals surface area contributed by atoms with Crippen molar-refractivity contribution in [1.29, 1.82) is 0 Å². The summed E-state index contributed by atoms with van der Waals surface area (Å²) in [6.07, 6.45) is 7.60. The summed E-state index contributed by atoms with van der Waals surface area (Å²) in [4.78, 5) is 24.7. The Hall–Kier alpha value is -3.13. The van der Waals surface area contributed by atoms with Crippen molar-refractivity contribution in [2.75, 3.05) is 24.0 Å². The molecule has 0 radical (unpaired) electrons. The van der Waals surface area contributed by atoms with Crippen LogP contribution in [-0.4, -0.2) is 40.0 Å². The number of carbonyl (C=O) groups excluding carboxylic acids is 2. The van der Waals surface area contributed by atoms with Gasteiger partial charge in [0.25, 0.3) is 15.9 Å². The van der Waals surface area contributed by atoms with E-state index in [4.69, 9.17) is 4.74 Å². The van der Waals surface area contributed by atoms with Crippen molar-refractivity contribution in [1.82, 2.24) is 5.32 Å². The summed E-state index contributed by atoms with van der Waals surface area (Å²) >= 11 is 0. The number of nitrogens with zero attached hydrogens (tertiary/aromatic N) is 1. The second-order valence-electron chi connectivity index (χ2n) is 8.27. The number of carbonyl (C=O) groups is 2. The summed E-state index contributed by atoms with van der Waals surface area (Å²) in [5.41, 5.74) is 2.49. The first-order valence-corrected chi connectivity index (χ1v) is 13.1. The number of hydrogen-bond acceptors (Lipinski definition) is 5. The van der Waals surface area contributed by atoms with E-state index in [0.717, 1.165) is 19.3 Å². The van der Waals surface area contributed by atoms with Crippen LogP contribution in [0.3, 0.4) is 0 Å². The third-order valence-corrected chi connectivity index (χ3v) is 7.86. The molecule has 0 heterocycles. The molecule has 0 fully saturated rings. The van der Waals surface area contributed by atoms with Crippen LogP contribution in [0.1, 0.15) is 54.9 Å². The first kappa shape index (κ1) is 25.5. The molecule has 7 nitrogen and oxygen atoms in total. The molecule has 2 aromatic carbocycles. The predicted octanol–water partition coefficient (Wildman–Crippen LogP) is 4.37. The van der Waals surface area contributed by atoms with Gasteiger partial charge in [-0.15, -0.1) is 0 Å². The lowest BCUT2D eigenvalue weighted by molar-refractivity contribution is -0.124. The van der Waals surface area contributed by atoms with Gasteiger partial charge < -0.3 is 10.1 Å². The third kappa shape index (κ3) is 6.47. The van der Waals surface area contributed by atoms with Gasteiger partial charge in [-0.25, -0.2) is 13.2 Å². The Morgan fingerprint density at radius 3 is 2.53 bits per heavy atom. The average Bonchev–Trinajstić information content (AvgIpc) is 2.84. The van der Waals surface area contributed by atoms with Gasteiger partial charge in [-0.3, -0.25) is 9.10 Å². The van der Waals surface area contributed by atoms with Gasteiger partial charge in [0.05, 0.1) is 16.1 Å². The molecular weight excluding hydrogens is 452 g/mol. The fourth-order valence-electron chi connectivity index (χ4n) is 3.97. The van der Waals surface area contributed by atoms with Gasteiger partial charge in [0, 0.05) is 13.1 Å². The number of ether oxygens (including phenoxy) is 1. The molecule has 0 atom stereocenters. The highest BCUT2D eigenvalue weighted by Crippen LogP contribution is 2.26. The van der Waals surface area contributed by atoms with Crippen LogP contribution in [0.25, 0.3) is 0 Å². The van der Waals surface area contributed by atoms with Gasteiger partial charge in [-0.1, -0.05) is 35.9 Å². The molecule has 3 rings (SSSR count). The summed E-state index contributed by atoms with van der Waals surface area (Å²) in [5.74, 6) is -1.13. The Morgan fingerprint density at radius 2 is 1.85 bits per heavy atom. The minimum atomic E-state index is -3.90. The average molecular weight is 485 g/mol. The molecule has 0 saturated heterocycles. The van der Waals surface area contributed by atoms with Gasteiger partial charge in [0.2, 0.25) is 0 Å². The molecule has 34 heavy (non-hydrogen) atoms. The zero-order chi connectivity index (χ0) is 24.6. The monoisotopic (exact) mass is 484 g/mol. The number of hydrogen-bond donors (Lipinski definition) is 1.